The maximum atomic E-state index is 11.8. The number of carbonyl (C=O) groups is 1. The Bertz CT molecular complexity index is 784. The predicted octanol–water partition coefficient (Wildman–Crippen LogP) is 5.14. The Labute approximate surface area is 185 Å². The standard InChI is InChI=1S/C22H37NO7S/c1-2-3-4-5-6-7-8-9-10-11-12-13-14-15-16-17-21(25)30-23-20(24)18-19(22(23)26)31(27,28)29/h9-10,18,24,26H,2-8,11-17H2,1H3,(H,27,28,29)/b10-9+. The molecule has 0 aliphatic heterocycles. The van der Waals surface area contributed by atoms with E-state index in [1.54, 1.807) is 0 Å². The number of allylic oxidation sites excluding steroid dienone is 2. The largest absolute Gasteiger partial charge is 0.492 e. The molecule has 0 aliphatic carbocycles. The van der Waals surface area contributed by atoms with Gasteiger partial charge in [0.1, 0.15) is 0 Å². The molecule has 0 bridgehead atoms. The highest BCUT2D eigenvalue weighted by molar-refractivity contribution is 7.86. The van der Waals surface area contributed by atoms with Crippen LogP contribution in [-0.2, 0) is 14.9 Å². The topological polar surface area (TPSA) is 126 Å². The summed E-state index contributed by atoms with van der Waals surface area (Å²) < 4.78 is 31.3. The summed E-state index contributed by atoms with van der Waals surface area (Å²) in [6, 6.07) is 0.597. The molecule has 0 saturated carbocycles. The highest BCUT2D eigenvalue weighted by atomic mass is 32.2. The van der Waals surface area contributed by atoms with Gasteiger partial charge in [-0.3, -0.25) is 4.55 Å². The third-order valence-electron chi connectivity index (χ3n) is 4.99. The molecule has 8 nitrogen and oxygen atoms in total. The summed E-state index contributed by atoms with van der Waals surface area (Å²) in [5.74, 6) is -2.58. The Hall–Kier alpha value is -2.00. The first kappa shape index (κ1) is 27.0. The fourth-order valence-corrected chi connectivity index (χ4v) is 3.78. The highest BCUT2D eigenvalue weighted by Crippen LogP contribution is 2.30. The Morgan fingerprint density at radius 3 is 1.97 bits per heavy atom. The van der Waals surface area contributed by atoms with Crippen molar-refractivity contribution < 1.29 is 32.8 Å². The van der Waals surface area contributed by atoms with E-state index in [0.29, 0.717) is 12.5 Å². The smallest absolute Gasteiger partial charge is 0.333 e. The third kappa shape index (κ3) is 11.3. The van der Waals surface area contributed by atoms with Gasteiger partial charge in [0.2, 0.25) is 5.88 Å². The van der Waals surface area contributed by atoms with Crippen LogP contribution in [-0.4, -0.2) is 33.9 Å². The molecule has 1 aromatic heterocycles. The van der Waals surface area contributed by atoms with Crippen molar-refractivity contribution in [1.29, 1.82) is 0 Å². The summed E-state index contributed by atoms with van der Waals surface area (Å²) in [6.45, 7) is 2.23. The SMILES string of the molecule is CCCCCCCC/C=C/CCCCCCCC(=O)On1c(O)cc(S(=O)(=O)O)c1O. The van der Waals surface area contributed by atoms with Gasteiger partial charge in [-0.2, -0.15) is 8.42 Å². The third-order valence-corrected chi connectivity index (χ3v) is 5.85. The van der Waals surface area contributed by atoms with E-state index in [0.717, 1.165) is 38.5 Å². The van der Waals surface area contributed by atoms with Crippen molar-refractivity contribution in [2.75, 3.05) is 0 Å². The molecule has 0 spiro atoms. The lowest BCUT2D eigenvalue weighted by molar-refractivity contribution is -0.145. The van der Waals surface area contributed by atoms with Crippen molar-refractivity contribution in [1.82, 2.24) is 4.73 Å². The van der Waals surface area contributed by atoms with E-state index < -0.39 is 32.7 Å². The van der Waals surface area contributed by atoms with Crippen LogP contribution in [0.5, 0.6) is 11.8 Å². The summed E-state index contributed by atoms with van der Waals surface area (Å²) in [6.07, 6.45) is 19.3. The number of aromatic hydroxyl groups is 2. The molecule has 9 heteroatoms. The lowest BCUT2D eigenvalue weighted by atomic mass is 10.1. The van der Waals surface area contributed by atoms with Crippen molar-refractivity contribution in [3.63, 3.8) is 0 Å². The van der Waals surface area contributed by atoms with Crippen LogP contribution in [0.2, 0.25) is 0 Å². The van der Waals surface area contributed by atoms with E-state index in [-0.39, 0.29) is 11.2 Å². The van der Waals surface area contributed by atoms with Gasteiger partial charge in [0.15, 0.2) is 4.90 Å². The molecular formula is C22H37NO7S. The van der Waals surface area contributed by atoms with Crippen molar-refractivity contribution in [2.24, 2.45) is 0 Å². The van der Waals surface area contributed by atoms with Crippen LogP contribution in [0.4, 0.5) is 0 Å². The van der Waals surface area contributed by atoms with E-state index in [1.807, 2.05) is 0 Å². The molecular weight excluding hydrogens is 422 g/mol. The number of hydrogen-bond acceptors (Lipinski definition) is 6. The maximum Gasteiger partial charge on any atom is 0.333 e. The number of carbonyl (C=O) groups excluding carboxylic acids is 1. The van der Waals surface area contributed by atoms with Gasteiger partial charge in [-0.1, -0.05) is 70.4 Å². The zero-order valence-electron chi connectivity index (χ0n) is 18.5. The Balaban J connectivity index is 2.08. The molecule has 1 heterocycles. The summed E-state index contributed by atoms with van der Waals surface area (Å²) in [4.78, 5) is 15.7. The minimum Gasteiger partial charge on any atom is -0.492 e. The van der Waals surface area contributed by atoms with Crippen molar-refractivity contribution in [2.45, 2.75) is 102 Å². The van der Waals surface area contributed by atoms with E-state index >= 15 is 0 Å². The van der Waals surface area contributed by atoms with E-state index in [2.05, 4.69) is 19.1 Å². The lowest BCUT2D eigenvalue weighted by Gasteiger charge is -2.07. The lowest BCUT2D eigenvalue weighted by Crippen LogP contribution is -2.18. The normalized spacial score (nSPS) is 11.9. The van der Waals surface area contributed by atoms with E-state index in [4.69, 9.17) is 9.39 Å². The van der Waals surface area contributed by atoms with Gasteiger partial charge in [0.25, 0.3) is 16.0 Å². The van der Waals surface area contributed by atoms with Gasteiger partial charge in [0.05, 0.1) is 0 Å². The number of hydrogen-bond donors (Lipinski definition) is 3. The molecule has 0 unspecified atom stereocenters. The Morgan fingerprint density at radius 2 is 1.45 bits per heavy atom. The highest BCUT2D eigenvalue weighted by Gasteiger charge is 2.25. The van der Waals surface area contributed by atoms with Crippen molar-refractivity contribution >= 4 is 16.1 Å². The second-order valence-electron chi connectivity index (χ2n) is 7.76. The Kier molecular flexibility index (Phi) is 13.0. The molecule has 0 aliphatic rings. The van der Waals surface area contributed by atoms with Gasteiger partial charge in [-0.25, -0.2) is 4.79 Å². The zero-order valence-corrected chi connectivity index (χ0v) is 19.3. The monoisotopic (exact) mass is 459 g/mol. The van der Waals surface area contributed by atoms with Crippen LogP contribution < -0.4 is 4.84 Å². The van der Waals surface area contributed by atoms with Gasteiger partial charge < -0.3 is 15.1 Å². The molecule has 0 radical (unpaired) electrons. The number of rotatable bonds is 17. The van der Waals surface area contributed by atoms with Crippen molar-refractivity contribution in [3.8, 4) is 11.8 Å². The van der Waals surface area contributed by atoms with E-state index in [1.165, 1.54) is 38.5 Å². The molecule has 0 aromatic carbocycles. The minimum absolute atomic E-state index is 0.0659. The molecule has 0 fully saturated rings. The summed E-state index contributed by atoms with van der Waals surface area (Å²) >= 11 is 0. The molecule has 0 atom stereocenters. The summed E-state index contributed by atoms with van der Waals surface area (Å²) in [5, 5.41) is 19.3. The van der Waals surface area contributed by atoms with E-state index in [9.17, 15) is 23.4 Å². The minimum atomic E-state index is -4.74. The van der Waals surface area contributed by atoms with Crippen LogP contribution in [0.1, 0.15) is 96.8 Å². The molecule has 0 amide bonds. The molecule has 3 N–H and O–H groups in total. The molecule has 1 aromatic rings. The van der Waals surface area contributed by atoms with Crippen LogP contribution in [0, 0.1) is 0 Å². The number of nitrogens with zero attached hydrogens (tertiary/aromatic N) is 1. The van der Waals surface area contributed by atoms with Crippen LogP contribution >= 0.6 is 0 Å². The van der Waals surface area contributed by atoms with Crippen LogP contribution in [0.3, 0.4) is 0 Å². The van der Waals surface area contributed by atoms with Crippen LogP contribution in [0.25, 0.3) is 0 Å². The number of aromatic nitrogens is 1. The van der Waals surface area contributed by atoms with Gasteiger partial charge >= 0.3 is 5.97 Å². The molecule has 0 saturated heterocycles. The van der Waals surface area contributed by atoms with Crippen molar-refractivity contribution in [3.05, 3.63) is 18.2 Å². The average Bonchev–Trinajstić information content (AvgIpc) is 2.99. The second kappa shape index (κ2) is 14.9. The maximum absolute atomic E-state index is 11.8. The fourth-order valence-electron chi connectivity index (χ4n) is 3.22. The number of unbranched alkanes of at least 4 members (excludes halogenated alkanes) is 11. The summed E-state index contributed by atoms with van der Waals surface area (Å²) in [5.41, 5.74) is 0. The van der Waals surface area contributed by atoms with Gasteiger partial charge in [-0.05, 0) is 32.1 Å². The molecule has 178 valence electrons. The summed E-state index contributed by atoms with van der Waals surface area (Å²) in [7, 11) is -4.74. The fraction of sp³-hybridized carbons (Fsp3) is 0.682. The molecule has 1 rings (SSSR count). The van der Waals surface area contributed by atoms with Gasteiger partial charge in [-0.15, -0.1) is 4.73 Å². The first-order valence-electron chi connectivity index (χ1n) is 11.2. The van der Waals surface area contributed by atoms with Crippen LogP contribution in [0.15, 0.2) is 23.1 Å². The molecule has 31 heavy (non-hydrogen) atoms. The average molecular weight is 460 g/mol. The first-order valence-corrected chi connectivity index (χ1v) is 12.7. The van der Waals surface area contributed by atoms with Gasteiger partial charge in [0, 0.05) is 12.5 Å². The quantitative estimate of drug-likeness (QED) is 0.167. The predicted molar refractivity (Wildman–Crippen MR) is 119 cm³/mol. The zero-order chi connectivity index (χ0) is 23.1. The Morgan fingerprint density at radius 1 is 0.935 bits per heavy atom. The second-order valence-corrected chi connectivity index (χ2v) is 9.15. The first-order chi connectivity index (χ1) is 14.8.